The van der Waals surface area contributed by atoms with E-state index in [1.807, 2.05) is 6.07 Å². The number of carbonyl (C=O) groups is 1. The predicted octanol–water partition coefficient (Wildman–Crippen LogP) is 1.90. The summed E-state index contributed by atoms with van der Waals surface area (Å²) in [6.07, 6.45) is 0. The second-order valence-corrected chi connectivity index (χ2v) is 3.58. The van der Waals surface area contributed by atoms with Crippen molar-refractivity contribution >= 4 is 5.97 Å². The molecule has 2 rings (SSSR count). The van der Waals surface area contributed by atoms with Crippen molar-refractivity contribution in [2.24, 2.45) is 0 Å². The topological polar surface area (TPSA) is 59.2 Å². The van der Waals surface area contributed by atoms with E-state index in [1.165, 1.54) is 6.07 Å². The smallest absolute Gasteiger partial charge is 0.360 e. The van der Waals surface area contributed by atoms with Crippen LogP contribution in [0.25, 0.3) is 0 Å². The number of benzene rings is 1. The first kappa shape index (κ1) is 11.1. The molecule has 1 aromatic carbocycles. The van der Waals surface area contributed by atoms with Crippen LogP contribution >= 0.6 is 0 Å². The van der Waals surface area contributed by atoms with Gasteiger partial charge in [-0.15, -0.1) is 0 Å². The molecular formula is C13H11NO3. The Balaban J connectivity index is 2.26. The van der Waals surface area contributed by atoms with Crippen molar-refractivity contribution in [2.75, 3.05) is 0 Å². The predicted molar refractivity (Wildman–Crippen MR) is 63.2 cm³/mol. The van der Waals surface area contributed by atoms with Crippen LogP contribution in [0.5, 0.6) is 5.75 Å². The van der Waals surface area contributed by atoms with Crippen LogP contribution in [0.4, 0.5) is 0 Å². The molecule has 1 N–H and O–H groups in total. The number of pyridine rings is 1. The highest BCUT2D eigenvalue weighted by molar-refractivity contribution is 5.90. The maximum atomic E-state index is 11.8. The number of H-pyrrole nitrogens is 1. The zero-order valence-corrected chi connectivity index (χ0v) is 9.27. The molecule has 2 aromatic rings. The van der Waals surface area contributed by atoms with Crippen molar-refractivity contribution in [1.82, 2.24) is 4.98 Å². The molecule has 4 heteroatoms. The molecule has 0 fully saturated rings. The Morgan fingerprint density at radius 2 is 1.82 bits per heavy atom. The summed E-state index contributed by atoms with van der Waals surface area (Å²) in [7, 11) is 0. The lowest BCUT2D eigenvalue weighted by atomic mass is 10.2. The van der Waals surface area contributed by atoms with Crippen molar-refractivity contribution in [3.8, 4) is 5.75 Å². The molecular weight excluding hydrogens is 218 g/mol. The summed E-state index contributed by atoms with van der Waals surface area (Å²) in [5.41, 5.74) is 0.530. The monoisotopic (exact) mass is 229 g/mol. The zero-order chi connectivity index (χ0) is 12.3. The second-order valence-electron chi connectivity index (χ2n) is 3.58. The minimum absolute atomic E-state index is 0.182. The molecule has 0 aliphatic heterocycles. The Morgan fingerprint density at radius 3 is 2.53 bits per heavy atom. The summed E-state index contributed by atoms with van der Waals surface area (Å²) in [5, 5.41) is 0. The lowest BCUT2D eigenvalue weighted by Gasteiger charge is -2.05. The van der Waals surface area contributed by atoms with Crippen LogP contribution in [-0.2, 0) is 0 Å². The summed E-state index contributed by atoms with van der Waals surface area (Å²) in [6.45, 7) is 1.73. The molecule has 17 heavy (non-hydrogen) atoms. The van der Waals surface area contributed by atoms with Crippen molar-refractivity contribution in [2.45, 2.75) is 6.92 Å². The van der Waals surface area contributed by atoms with Crippen LogP contribution in [0.2, 0.25) is 0 Å². The number of rotatable bonds is 2. The molecule has 0 bridgehead atoms. The van der Waals surface area contributed by atoms with Gasteiger partial charge in [-0.1, -0.05) is 24.3 Å². The average Bonchev–Trinajstić information content (AvgIpc) is 2.33. The van der Waals surface area contributed by atoms with Gasteiger partial charge in [-0.25, -0.2) is 4.79 Å². The molecule has 0 radical (unpaired) electrons. The summed E-state index contributed by atoms with van der Waals surface area (Å²) in [4.78, 5) is 25.4. The fourth-order valence-electron chi connectivity index (χ4n) is 1.41. The van der Waals surface area contributed by atoms with Gasteiger partial charge in [0.15, 0.2) is 0 Å². The third kappa shape index (κ3) is 2.60. The van der Waals surface area contributed by atoms with Crippen LogP contribution in [-0.4, -0.2) is 11.0 Å². The largest absolute Gasteiger partial charge is 0.422 e. The highest BCUT2D eigenvalue weighted by atomic mass is 16.5. The number of aromatic nitrogens is 1. The van der Waals surface area contributed by atoms with Gasteiger partial charge < -0.3 is 9.72 Å². The van der Waals surface area contributed by atoms with E-state index in [9.17, 15) is 9.59 Å². The van der Waals surface area contributed by atoms with E-state index >= 15 is 0 Å². The SMILES string of the molecule is Cc1ccc(=O)[nH]c1C(=O)Oc1ccccc1. The number of esters is 1. The van der Waals surface area contributed by atoms with E-state index in [-0.39, 0.29) is 11.3 Å². The fourth-order valence-corrected chi connectivity index (χ4v) is 1.41. The van der Waals surface area contributed by atoms with Gasteiger partial charge in [0, 0.05) is 6.07 Å². The molecule has 4 nitrogen and oxygen atoms in total. The van der Waals surface area contributed by atoms with E-state index in [0.29, 0.717) is 11.3 Å². The van der Waals surface area contributed by atoms with Gasteiger partial charge >= 0.3 is 5.97 Å². The van der Waals surface area contributed by atoms with Gasteiger partial charge in [-0.05, 0) is 24.6 Å². The van der Waals surface area contributed by atoms with Crippen LogP contribution < -0.4 is 10.3 Å². The van der Waals surface area contributed by atoms with Gasteiger partial charge in [-0.2, -0.15) is 0 Å². The molecule has 0 aliphatic rings. The lowest BCUT2D eigenvalue weighted by molar-refractivity contribution is 0.0727. The third-order valence-electron chi connectivity index (χ3n) is 2.29. The normalized spacial score (nSPS) is 9.94. The molecule has 0 aliphatic carbocycles. The van der Waals surface area contributed by atoms with E-state index in [4.69, 9.17) is 4.74 Å². The van der Waals surface area contributed by atoms with Gasteiger partial charge in [0.05, 0.1) is 0 Å². The van der Waals surface area contributed by atoms with Crippen molar-refractivity contribution in [3.63, 3.8) is 0 Å². The number of para-hydroxylation sites is 1. The highest BCUT2D eigenvalue weighted by Gasteiger charge is 2.12. The fraction of sp³-hybridized carbons (Fsp3) is 0.0769. The molecule has 0 atom stereocenters. The Bertz CT molecular complexity index is 587. The molecule has 0 amide bonds. The maximum Gasteiger partial charge on any atom is 0.360 e. The number of nitrogens with one attached hydrogen (secondary N) is 1. The lowest BCUT2D eigenvalue weighted by Crippen LogP contribution is -2.17. The quantitative estimate of drug-likeness (QED) is 0.632. The minimum atomic E-state index is -0.564. The third-order valence-corrected chi connectivity index (χ3v) is 2.29. The van der Waals surface area contributed by atoms with E-state index in [1.54, 1.807) is 37.3 Å². The number of hydrogen-bond donors (Lipinski definition) is 1. The molecule has 0 unspecified atom stereocenters. The van der Waals surface area contributed by atoms with Crippen molar-refractivity contribution < 1.29 is 9.53 Å². The first-order chi connectivity index (χ1) is 8.16. The number of carbonyl (C=O) groups excluding carboxylic acids is 1. The van der Waals surface area contributed by atoms with Crippen LogP contribution in [0.3, 0.4) is 0 Å². The maximum absolute atomic E-state index is 11.8. The van der Waals surface area contributed by atoms with E-state index < -0.39 is 5.97 Å². The Morgan fingerprint density at radius 1 is 1.12 bits per heavy atom. The van der Waals surface area contributed by atoms with Crippen LogP contribution in [0, 0.1) is 6.92 Å². The summed E-state index contributed by atoms with van der Waals surface area (Å²) in [6, 6.07) is 11.7. The van der Waals surface area contributed by atoms with E-state index in [0.717, 1.165) is 0 Å². The molecule has 0 spiro atoms. The Labute approximate surface area is 97.9 Å². The standard InChI is InChI=1S/C13H11NO3/c1-9-7-8-11(15)14-12(9)13(16)17-10-5-3-2-4-6-10/h2-8H,1H3,(H,14,15). The summed E-state index contributed by atoms with van der Waals surface area (Å²) >= 11 is 0. The minimum Gasteiger partial charge on any atom is -0.422 e. The number of aryl methyl sites for hydroxylation is 1. The second kappa shape index (κ2) is 4.65. The Hall–Kier alpha value is -2.36. The summed E-state index contributed by atoms with van der Waals surface area (Å²) < 4.78 is 5.13. The molecule has 1 aromatic heterocycles. The van der Waals surface area contributed by atoms with Gasteiger partial charge in [0.2, 0.25) is 5.56 Å². The molecule has 0 saturated heterocycles. The van der Waals surface area contributed by atoms with Gasteiger partial charge in [0.1, 0.15) is 11.4 Å². The first-order valence-electron chi connectivity index (χ1n) is 5.14. The van der Waals surface area contributed by atoms with Gasteiger partial charge in [-0.3, -0.25) is 4.79 Å². The number of aromatic amines is 1. The zero-order valence-electron chi connectivity index (χ0n) is 9.27. The number of hydrogen-bond acceptors (Lipinski definition) is 3. The molecule has 1 heterocycles. The van der Waals surface area contributed by atoms with Crippen LogP contribution in [0.15, 0.2) is 47.3 Å². The molecule has 0 saturated carbocycles. The summed E-state index contributed by atoms with van der Waals surface area (Å²) in [5.74, 6) is -0.118. The Kier molecular flexibility index (Phi) is 3.05. The van der Waals surface area contributed by atoms with Crippen molar-refractivity contribution in [3.05, 3.63) is 64.1 Å². The van der Waals surface area contributed by atoms with E-state index in [2.05, 4.69) is 4.98 Å². The van der Waals surface area contributed by atoms with Crippen LogP contribution in [0.1, 0.15) is 16.1 Å². The molecule has 86 valence electrons. The highest BCUT2D eigenvalue weighted by Crippen LogP contribution is 2.11. The number of ether oxygens (including phenoxy) is 1. The first-order valence-corrected chi connectivity index (χ1v) is 5.14. The van der Waals surface area contributed by atoms with Gasteiger partial charge in [0.25, 0.3) is 0 Å². The average molecular weight is 229 g/mol. The van der Waals surface area contributed by atoms with Crippen molar-refractivity contribution in [1.29, 1.82) is 0 Å².